The predicted octanol–water partition coefficient (Wildman–Crippen LogP) is 3.25. The van der Waals surface area contributed by atoms with Crippen LogP contribution in [0.25, 0.3) is 0 Å². The van der Waals surface area contributed by atoms with E-state index in [0.29, 0.717) is 11.8 Å². The fraction of sp³-hybridized carbons (Fsp3) is 0.950. The standard InChI is InChI=1S/C20H34N2O/c1-14(2)7-20(23)22-5-3-21(4-6-22)13-19-17-9-15-8-16(11-17)12-18(19)10-15/h14-19H,3-13H2,1-2H3. The van der Waals surface area contributed by atoms with Gasteiger partial charge in [-0.3, -0.25) is 9.69 Å². The molecule has 0 radical (unpaired) electrons. The van der Waals surface area contributed by atoms with E-state index in [1.54, 1.807) is 6.42 Å². The van der Waals surface area contributed by atoms with Crippen molar-refractivity contribution in [1.29, 1.82) is 0 Å². The Balaban J connectivity index is 1.28. The van der Waals surface area contributed by atoms with Crippen LogP contribution in [-0.4, -0.2) is 48.4 Å². The van der Waals surface area contributed by atoms with Crippen molar-refractivity contribution in [2.75, 3.05) is 32.7 Å². The van der Waals surface area contributed by atoms with Gasteiger partial charge in [0.25, 0.3) is 0 Å². The molecule has 4 bridgehead atoms. The number of piperazine rings is 1. The van der Waals surface area contributed by atoms with Gasteiger partial charge < -0.3 is 4.90 Å². The molecule has 0 N–H and O–H groups in total. The van der Waals surface area contributed by atoms with Crippen molar-refractivity contribution in [2.45, 2.75) is 52.4 Å². The van der Waals surface area contributed by atoms with Crippen molar-refractivity contribution in [2.24, 2.45) is 35.5 Å². The lowest BCUT2D eigenvalue weighted by Crippen LogP contribution is -2.53. The SMILES string of the molecule is CC(C)CC(=O)N1CCN(CC2C3CC4CC(C3)CC2C4)CC1. The summed E-state index contributed by atoms with van der Waals surface area (Å²) in [6.07, 6.45) is 8.40. The van der Waals surface area contributed by atoms with Gasteiger partial charge in [0.15, 0.2) is 0 Å². The number of nitrogens with zero attached hydrogens (tertiary/aromatic N) is 2. The Morgan fingerprint density at radius 2 is 1.48 bits per heavy atom. The van der Waals surface area contributed by atoms with Gasteiger partial charge in [0, 0.05) is 39.1 Å². The fourth-order valence-corrected chi connectivity index (χ4v) is 6.29. The molecule has 1 aliphatic heterocycles. The minimum Gasteiger partial charge on any atom is -0.340 e. The number of hydrogen-bond acceptors (Lipinski definition) is 2. The van der Waals surface area contributed by atoms with Crippen molar-refractivity contribution in [1.82, 2.24) is 9.80 Å². The van der Waals surface area contributed by atoms with Crippen molar-refractivity contribution >= 4 is 5.91 Å². The molecule has 0 unspecified atom stereocenters. The van der Waals surface area contributed by atoms with Gasteiger partial charge in [-0.25, -0.2) is 0 Å². The number of rotatable bonds is 4. The molecule has 130 valence electrons. The lowest BCUT2D eigenvalue weighted by molar-refractivity contribution is -0.134. The Morgan fingerprint density at radius 3 is 2.00 bits per heavy atom. The highest BCUT2D eigenvalue weighted by atomic mass is 16.2. The maximum Gasteiger partial charge on any atom is 0.222 e. The molecule has 4 aliphatic carbocycles. The Kier molecular flexibility index (Phi) is 4.42. The maximum absolute atomic E-state index is 12.2. The van der Waals surface area contributed by atoms with Gasteiger partial charge in [-0.15, -0.1) is 0 Å². The molecule has 5 fully saturated rings. The third kappa shape index (κ3) is 3.31. The summed E-state index contributed by atoms with van der Waals surface area (Å²) in [6, 6.07) is 0. The summed E-state index contributed by atoms with van der Waals surface area (Å²) in [4.78, 5) is 17.0. The summed E-state index contributed by atoms with van der Waals surface area (Å²) in [5, 5.41) is 0. The fourth-order valence-electron chi connectivity index (χ4n) is 6.29. The van der Waals surface area contributed by atoms with Gasteiger partial charge in [-0.1, -0.05) is 13.8 Å². The molecule has 23 heavy (non-hydrogen) atoms. The molecule has 1 saturated heterocycles. The Labute approximate surface area is 141 Å². The minimum absolute atomic E-state index is 0.370. The predicted molar refractivity (Wildman–Crippen MR) is 93.0 cm³/mol. The van der Waals surface area contributed by atoms with Gasteiger partial charge in [-0.2, -0.15) is 0 Å². The average Bonchev–Trinajstić information content (AvgIpc) is 2.50. The zero-order valence-electron chi connectivity index (χ0n) is 15.0. The zero-order valence-corrected chi connectivity index (χ0v) is 15.0. The summed E-state index contributed by atoms with van der Waals surface area (Å²) < 4.78 is 0. The highest BCUT2D eigenvalue weighted by Gasteiger charge is 2.48. The van der Waals surface area contributed by atoms with E-state index in [-0.39, 0.29) is 0 Å². The molecule has 5 rings (SSSR count). The van der Waals surface area contributed by atoms with Crippen LogP contribution in [0.15, 0.2) is 0 Å². The highest BCUT2D eigenvalue weighted by molar-refractivity contribution is 5.76. The molecular weight excluding hydrogens is 284 g/mol. The number of hydrogen-bond donors (Lipinski definition) is 0. The van der Waals surface area contributed by atoms with Crippen molar-refractivity contribution in [3.63, 3.8) is 0 Å². The van der Waals surface area contributed by atoms with E-state index in [2.05, 4.69) is 23.6 Å². The van der Waals surface area contributed by atoms with Crippen molar-refractivity contribution < 1.29 is 4.79 Å². The zero-order chi connectivity index (χ0) is 16.0. The Bertz CT molecular complexity index is 411. The maximum atomic E-state index is 12.2. The third-order valence-electron chi connectivity index (χ3n) is 7.20. The molecule has 1 amide bonds. The molecule has 3 nitrogen and oxygen atoms in total. The highest BCUT2D eigenvalue weighted by Crippen LogP contribution is 2.56. The van der Waals surface area contributed by atoms with Gasteiger partial charge in [0.1, 0.15) is 0 Å². The molecule has 0 aromatic rings. The third-order valence-corrected chi connectivity index (χ3v) is 7.20. The molecule has 4 saturated carbocycles. The summed E-state index contributed by atoms with van der Waals surface area (Å²) in [7, 11) is 0. The molecular formula is C20H34N2O. The molecule has 0 aromatic heterocycles. The molecule has 0 atom stereocenters. The van der Waals surface area contributed by atoms with Crippen LogP contribution in [0.4, 0.5) is 0 Å². The molecule has 0 aromatic carbocycles. The summed E-state index contributed by atoms with van der Waals surface area (Å²) in [5.41, 5.74) is 0. The van der Waals surface area contributed by atoms with E-state index >= 15 is 0 Å². The largest absolute Gasteiger partial charge is 0.340 e. The summed E-state index contributed by atoms with van der Waals surface area (Å²) in [6.45, 7) is 9.72. The van der Waals surface area contributed by atoms with Crippen molar-refractivity contribution in [3.8, 4) is 0 Å². The lowest BCUT2D eigenvalue weighted by atomic mass is 9.52. The van der Waals surface area contributed by atoms with Crippen LogP contribution < -0.4 is 0 Å². The van der Waals surface area contributed by atoms with Crippen LogP contribution in [0.5, 0.6) is 0 Å². The summed E-state index contributed by atoms with van der Waals surface area (Å²) >= 11 is 0. The first-order valence-corrected chi connectivity index (χ1v) is 10.1. The summed E-state index contributed by atoms with van der Waals surface area (Å²) in [5.74, 6) is 6.06. The van der Waals surface area contributed by atoms with Gasteiger partial charge in [0.05, 0.1) is 0 Å². The number of carbonyl (C=O) groups excluding carboxylic acids is 1. The van der Waals surface area contributed by atoms with Gasteiger partial charge >= 0.3 is 0 Å². The van der Waals surface area contributed by atoms with E-state index in [1.807, 2.05) is 0 Å². The monoisotopic (exact) mass is 318 g/mol. The van der Waals surface area contributed by atoms with Gasteiger partial charge in [-0.05, 0) is 67.6 Å². The second-order valence-electron chi connectivity index (χ2n) is 9.37. The van der Waals surface area contributed by atoms with Crippen LogP contribution >= 0.6 is 0 Å². The first kappa shape index (κ1) is 15.9. The average molecular weight is 319 g/mol. The van der Waals surface area contributed by atoms with Gasteiger partial charge in [0.2, 0.25) is 5.91 Å². The minimum atomic E-state index is 0.370. The quantitative estimate of drug-likeness (QED) is 0.794. The van der Waals surface area contributed by atoms with Crippen LogP contribution in [0.1, 0.15) is 52.4 Å². The van der Waals surface area contributed by atoms with E-state index in [1.165, 1.54) is 32.2 Å². The van der Waals surface area contributed by atoms with Crippen LogP contribution in [0.3, 0.4) is 0 Å². The van der Waals surface area contributed by atoms with Crippen LogP contribution in [0.2, 0.25) is 0 Å². The Morgan fingerprint density at radius 1 is 0.913 bits per heavy atom. The smallest absolute Gasteiger partial charge is 0.222 e. The first-order chi connectivity index (χ1) is 11.1. The van der Waals surface area contributed by atoms with Crippen molar-refractivity contribution in [3.05, 3.63) is 0 Å². The molecule has 3 heteroatoms. The Hall–Kier alpha value is -0.570. The van der Waals surface area contributed by atoms with E-state index in [9.17, 15) is 4.79 Å². The second-order valence-corrected chi connectivity index (χ2v) is 9.37. The number of amides is 1. The molecule has 1 heterocycles. The first-order valence-electron chi connectivity index (χ1n) is 10.1. The lowest BCUT2D eigenvalue weighted by Gasteiger charge is -2.55. The normalized spacial score (nSPS) is 40.1. The van der Waals surface area contributed by atoms with E-state index in [4.69, 9.17) is 0 Å². The van der Waals surface area contributed by atoms with E-state index < -0.39 is 0 Å². The van der Waals surface area contributed by atoms with E-state index in [0.717, 1.165) is 62.2 Å². The van der Waals surface area contributed by atoms with Crippen LogP contribution in [-0.2, 0) is 4.79 Å². The second kappa shape index (κ2) is 6.38. The molecule has 0 spiro atoms. The van der Waals surface area contributed by atoms with Crippen LogP contribution in [0, 0.1) is 35.5 Å². The topological polar surface area (TPSA) is 23.6 Å². The molecule has 5 aliphatic rings. The number of carbonyl (C=O) groups is 1.